The Balaban J connectivity index is 2.34. The van der Waals surface area contributed by atoms with Gasteiger partial charge in [-0.3, -0.25) is 4.79 Å². The van der Waals surface area contributed by atoms with Gasteiger partial charge in [0.15, 0.2) is 0 Å². The van der Waals surface area contributed by atoms with E-state index in [1.165, 1.54) is 6.42 Å². The van der Waals surface area contributed by atoms with E-state index in [0.717, 1.165) is 38.5 Å². The minimum absolute atomic E-state index is 0.123. The predicted molar refractivity (Wildman–Crippen MR) is 54.0 cm³/mol. The minimum Gasteiger partial charge on any atom is -0.481 e. The van der Waals surface area contributed by atoms with Crippen molar-refractivity contribution in [1.82, 2.24) is 0 Å². The van der Waals surface area contributed by atoms with Crippen LogP contribution in [0.1, 0.15) is 44.9 Å². The van der Waals surface area contributed by atoms with E-state index in [1.54, 1.807) is 0 Å². The number of carbonyl (C=O) groups is 1. The molecular formula is C11H20O3. The summed E-state index contributed by atoms with van der Waals surface area (Å²) < 4.78 is 0. The summed E-state index contributed by atoms with van der Waals surface area (Å²) in [6.45, 7) is 0.227. The molecule has 0 radical (unpaired) electrons. The molecule has 2 N–H and O–H groups in total. The molecule has 2 atom stereocenters. The van der Waals surface area contributed by atoms with Crippen LogP contribution in [0.2, 0.25) is 0 Å². The molecule has 0 amide bonds. The van der Waals surface area contributed by atoms with Gasteiger partial charge in [-0.1, -0.05) is 19.3 Å². The number of aliphatic hydroxyl groups excluding tert-OH is 1. The number of hydrogen-bond donors (Lipinski definition) is 2. The molecule has 2 unspecified atom stereocenters. The van der Waals surface area contributed by atoms with Gasteiger partial charge in [-0.15, -0.1) is 0 Å². The minimum atomic E-state index is -0.626. The molecule has 3 heteroatoms. The van der Waals surface area contributed by atoms with Gasteiger partial charge in [0.1, 0.15) is 0 Å². The van der Waals surface area contributed by atoms with Crippen LogP contribution in [0.25, 0.3) is 0 Å². The highest BCUT2D eigenvalue weighted by Gasteiger charge is 2.29. The molecule has 14 heavy (non-hydrogen) atoms. The van der Waals surface area contributed by atoms with Crippen LogP contribution in [-0.4, -0.2) is 22.8 Å². The Hall–Kier alpha value is -0.570. The van der Waals surface area contributed by atoms with Crippen LogP contribution in [0.5, 0.6) is 0 Å². The summed E-state index contributed by atoms with van der Waals surface area (Å²) in [5.74, 6) is -0.394. The standard InChI is InChI=1S/C11H20O3/c12-8-4-3-6-9-5-1-2-7-10(9)11(13)14/h9-10,12H,1-8H2,(H,13,14). The summed E-state index contributed by atoms with van der Waals surface area (Å²) in [7, 11) is 0. The van der Waals surface area contributed by atoms with Gasteiger partial charge < -0.3 is 10.2 Å². The zero-order valence-corrected chi connectivity index (χ0v) is 8.61. The second-order valence-corrected chi connectivity index (χ2v) is 4.21. The maximum absolute atomic E-state index is 10.9. The van der Waals surface area contributed by atoms with Crippen LogP contribution in [0.15, 0.2) is 0 Å². The number of carboxylic acids is 1. The van der Waals surface area contributed by atoms with Gasteiger partial charge in [0.25, 0.3) is 0 Å². The van der Waals surface area contributed by atoms with E-state index in [2.05, 4.69) is 0 Å². The van der Waals surface area contributed by atoms with Crippen molar-refractivity contribution in [3.63, 3.8) is 0 Å². The molecule has 1 aliphatic carbocycles. The molecule has 3 nitrogen and oxygen atoms in total. The highest BCUT2D eigenvalue weighted by Crippen LogP contribution is 2.33. The third kappa shape index (κ3) is 3.29. The fourth-order valence-electron chi connectivity index (χ4n) is 2.40. The molecule has 0 aromatic rings. The molecule has 0 bridgehead atoms. The van der Waals surface area contributed by atoms with Crippen molar-refractivity contribution in [1.29, 1.82) is 0 Å². The van der Waals surface area contributed by atoms with E-state index in [-0.39, 0.29) is 12.5 Å². The van der Waals surface area contributed by atoms with Crippen molar-refractivity contribution < 1.29 is 15.0 Å². The first-order valence-electron chi connectivity index (χ1n) is 5.59. The summed E-state index contributed by atoms with van der Waals surface area (Å²) in [6, 6.07) is 0. The van der Waals surface area contributed by atoms with Gasteiger partial charge in [-0.25, -0.2) is 0 Å². The number of aliphatic hydroxyl groups is 1. The number of carboxylic acid groups (broad SMARTS) is 1. The fourth-order valence-corrected chi connectivity index (χ4v) is 2.40. The van der Waals surface area contributed by atoms with E-state index in [4.69, 9.17) is 10.2 Å². The lowest BCUT2D eigenvalue weighted by atomic mass is 9.77. The van der Waals surface area contributed by atoms with Crippen molar-refractivity contribution >= 4 is 5.97 Å². The third-order valence-electron chi connectivity index (χ3n) is 3.21. The van der Waals surface area contributed by atoms with Crippen LogP contribution in [0.4, 0.5) is 0 Å². The second-order valence-electron chi connectivity index (χ2n) is 4.21. The van der Waals surface area contributed by atoms with Crippen molar-refractivity contribution in [2.45, 2.75) is 44.9 Å². The van der Waals surface area contributed by atoms with Gasteiger partial charge in [0.05, 0.1) is 5.92 Å². The van der Waals surface area contributed by atoms with Crippen LogP contribution < -0.4 is 0 Å². The van der Waals surface area contributed by atoms with Crippen molar-refractivity contribution in [3.05, 3.63) is 0 Å². The first kappa shape index (κ1) is 11.5. The number of unbranched alkanes of at least 4 members (excludes halogenated alkanes) is 1. The highest BCUT2D eigenvalue weighted by molar-refractivity contribution is 5.70. The highest BCUT2D eigenvalue weighted by atomic mass is 16.4. The Morgan fingerprint density at radius 1 is 1.21 bits per heavy atom. The smallest absolute Gasteiger partial charge is 0.306 e. The largest absolute Gasteiger partial charge is 0.481 e. The number of aliphatic carboxylic acids is 1. The first-order chi connectivity index (χ1) is 6.75. The van der Waals surface area contributed by atoms with Gasteiger partial charge in [0.2, 0.25) is 0 Å². The topological polar surface area (TPSA) is 57.5 Å². The monoisotopic (exact) mass is 200 g/mol. The average molecular weight is 200 g/mol. The zero-order valence-electron chi connectivity index (χ0n) is 8.61. The Kier molecular flexibility index (Phi) is 4.94. The van der Waals surface area contributed by atoms with Gasteiger partial charge in [0, 0.05) is 6.61 Å². The van der Waals surface area contributed by atoms with E-state index in [0.29, 0.717) is 5.92 Å². The summed E-state index contributed by atoms with van der Waals surface area (Å²) in [5.41, 5.74) is 0. The van der Waals surface area contributed by atoms with E-state index in [9.17, 15) is 4.79 Å². The Morgan fingerprint density at radius 3 is 2.57 bits per heavy atom. The molecule has 0 aromatic heterocycles. The Morgan fingerprint density at radius 2 is 1.93 bits per heavy atom. The summed E-state index contributed by atoms with van der Waals surface area (Å²) in [5, 5.41) is 17.7. The number of hydrogen-bond acceptors (Lipinski definition) is 2. The Bertz CT molecular complexity index is 179. The summed E-state index contributed by atoms with van der Waals surface area (Å²) in [6.07, 6.45) is 6.88. The van der Waals surface area contributed by atoms with Crippen LogP contribution in [-0.2, 0) is 4.79 Å². The SMILES string of the molecule is O=C(O)C1CCCCC1CCCCO. The van der Waals surface area contributed by atoms with Crippen LogP contribution in [0.3, 0.4) is 0 Å². The van der Waals surface area contributed by atoms with Crippen molar-refractivity contribution in [2.75, 3.05) is 6.61 Å². The maximum atomic E-state index is 10.9. The van der Waals surface area contributed by atoms with Crippen LogP contribution in [0, 0.1) is 11.8 Å². The molecular weight excluding hydrogens is 180 g/mol. The molecule has 1 rings (SSSR count). The average Bonchev–Trinajstić information content (AvgIpc) is 2.19. The zero-order chi connectivity index (χ0) is 10.4. The molecule has 1 aliphatic rings. The molecule has 0 aliphatic heterocycles. The van der Waals surface area contributed by atoms with Crippen LogP contribution >= 0.6 is 0 Å². The van der Waals surface area contributed by atoms with Gasteiger partial charge >= 0.3 is 5.97 Å². The summed E-state index contributed by atoms with van der Waals surface area (Å²) >= 11 is 0. The van der Waals surface area contributed by atoms with E-state index in [1.807, 2.05) is 0 Å². The molecule has 1 fully saturated rings. The maximum Gasteiger partial charge on any atom is 0.306 e. The lowest BCUT2D eigenvalue weighted by Gasteiger charge is -2.28. The van der Waals surface area contributed by atoms with Gasteiger partial charge in [-0.2, -0.15) is 0 Å². The normalized spacial score (nSPS) is 27.5. The molecule has 1 saturated carbocycles. The third-order valence-corrected chi connectivity index (χ3v) is 3.21. The van der Waals surface area contributed by atoms with E-state index < -0.39 is 5.97 Å². The van der Waals surface area contributed by atoms with E-state index >= 15 is 0 Å². The quantitative estimate of drug-likeness (QED) is 0.668. The lowest BCUT2D eigenvalue weighted by Crippen LogP contribution is -2.26. The first-order valence-corrected chi connectivity index (χ1v) is 5.59. The molecule has 82 valence electrons. The predicted octanol–water partition coefficient (Wildman–Crippen LogP) is 2.04. The molecule has 0 aromatic carbocycles. The number of rotatable bonds is 5. The molecule has 0 heterocycles. The molecule has 0 saturated heterocycles. The second kappa shape index (κ2) is 6.02. The molecule has 0 spiro atoms. The van der Waals surface area contributed by atoms with Crippen molar-refractivity contribution in [2.24, 2.45) is 11.8 Å². The summed E-state index contributed by atoms with van der Waals surface area (Å²) in [4.78, 5) is 10.9. The fraction of sp³-hybridized carbons (Fsp3) is 0.909. The van der Waals surface area contributed by atoms with Crippen molar-refractivity contribution in [3.8, 4) is 0 Å². The van der Waals surface area contributed by atoms with Gasteiger partial charge in [-0.05, 0) is 31.6 Å². The Labute approximate surface area is 85.1 Å². The lowest BCUT2D eigenvalue weighted by molar-refractivity contribution is -0.145.